The second-order valence-electron chi connectivity index (χ2n) is 5.31. The van der Waals surface area contributed by atoms with Gasteiger partial charge < -0.3 is 14.6 Å². The van der Waals surface area contributed by atoms with E-state index in [0.29, 0.717) is 6.04 Å². The molecule has 0 aliphatic heterocycles. The molecule has 0 aromatic heterocycles. The molecule has 1 N–H and O–H groups in total. The third-order valence-electron chi connectivity index (χ3n) is 4.06. The van der Waals surface area contributed by atoms with Gasteiger partial charge in [-0.3, -0.25) is 4.90 Å². The second-order valence-corrected chi connectivity index (χ2v) is 5.31. The lowest BCUT2D eigenvalue weighted by Crippen LogP contribution is -2.40. The molecule has 20 heavy (non-hydrogen) atoms. The van der Waals surface area contributed by atoms with Crippen LogP contribution in [0.1, 0.15) is 31.2 Å². The highest BCUT2D eigenvalue weighted by Gasteiger charge is 2.25. The molecule has 0 spiro atoms. The van der Waals surface area contributed by atoms with E-state index < -0.39 is 0 Å². The lowest BCUT2D eigenvalue weighted by molar-refractivity contribution is 0.108. The van der Waals surface area contributed by atoms with Crippen molar-refractivity contribution in [1.82, 2.24) is 4.90 Å². The summed E-state index contributed by atoms with van der Waals surface area (Å²) in [5.41, 5.74) is 1.15. The number of ether oxygens (including phenoxy) is 2. The van der Waals surface area contributed by atoms with Crippen molar-refractivity contribution in [3.8, 4) is 11.5 Å². The zero-order valence-corrected chi connectivity index (χ0v) is 12.5. The topological polar surface area (TPSA) is 41.9 Å². The minimum absolute atomic E-state index is 0.248. The molecule has 0 amide bonds. The zero-order valence-electron chi connectivity index (χ0n) is 12.5. The van der Waals surface area contributed by atoms with Crippen LogP contribution in [0.25, 0.3) is 0 Å². The minimum atomic E-state index is 0.248. The molecule has 1 aliphatic rings. The number of aliphatic hydroxyl groups is 1. The van der Waals surface area contributed by atoms with E-state index in [1.807, 2.05) is 18.2 Å². The van der Waals surface area contributed by atoms with Gasteiger partial charge in [0.05, 0.1) is 14.2 Å². The summed E-state index contributed by atoms with van der Waals surface area (Å²) in [7, 11) is 3.38. The van der Waals surface area contributed by atoms with Crippen molar-refractivity contribution in [3.63, 3.8) is 0 Å². The Morgan fingerprint density at radius 2 is 2.05 bits per heavy atom. The maximum absolute atomic E-state index is 9.07. The lowest BCUT2D eigenvalue weighted by Gasteiger charge is -2.37. The molecule has 112 valence electrons. The van der Waals surface area contributed by atoms with Gasteiger partial charge in [0.2, 0.25) is 0 Å². The molecule has 4 heteroatoms. The van der Waals surface area contributed by atoms with Gasteiger partial charge in [-0.1, -0.05) is 6.42 Å². The Balaban J connectivity index is 2.11. The summed E-state index contributed by atoms with van der Waals surface area (Å²) < 4.78 is 10.8. The van der Waals surface area contributed by atoms with Crippen LogP contribution < -0.4 is 9.47 Å². The van der Waals surface area contributed by atoms with Crippen LogP contribution >= 0.6 is 0 Å². The highest BCUT2D eigenvalue weighted by Crippen LogP contribution is 2.30. The maximum Gasteiger partial charge on any atom is 0.123 e. The molecule has 1 aromatic rings. The largest absolute Gasteiger partial charge is 0.497 e. The average Bonchev–Trinajstić information content (AvgIpc) is 2.42. The van der Waals surface area contributed by atoms with Gasteiger partial charge in [-0.25, -0.2) is 0 Å². The smallest absolute Gasteiger partial charge is 0.123 e. The van der Waals surface area contributed by atoms with E-state index in [-0.39, 0.29) is 6.61 Å². The molecule has 0 unspecified atom stereocenters. The van der Waals surface area contributed by atoms with E-state index in [1.165, 1.54) is 19.3 Å². The molecular formula is C16H25NO3. The van der Waals surface area contributed by atoms with Crippen LogP contribution in [0, 0.1) is 0 Å². The molecule has 0 bridgehead atoms. The minimum Gasteiger partial charge on any atom is -0.497 e. The van der Waals surface area contributed by atoms with E-state index >= 15 is 0 Å². The van der Waals surface area contributed by atoms with Gasteiger partial charge in [-0.05, 0) is 37.5 Å². The molecular weight excluding hydrogens is 254 g/mol. The van der Waals surface area contributed by atoms with Crippen LogP contribution in [-0.4, -0.2) is 43.4 Å². The summed E-state index contributed by atoms with van der Waals surface area (Å²) >= 11 is 0. The van der Waals surface area contributed by atoms with Crippen molar-refractivity contribution >= 4 is 0 Å². The molecule has 0 saturated heterocycles. The number of aliphatic hydroxyl groups excluding tert-OH is 1. The number of hydrogen-bond donors (Lipinski definition) is 1. The van der Waals surface area contributed by atoms with E-state index in [0.717, 1.165) is 36.6 Å². The Bertz CT molecular complexity index is 418. The van der Waals surface area contributed by atoms with Crippen molar-refractivity contribution < 1.29 is 14.6 Å². The molecule has 1 saturated carbocycles. The number of rotatable bonds is 8. The summed E-state index contributed by atoms with van der Waals surface area (Å²) in [6.07, 6.45) is 4.66. The van der Waals surface area contributed by atoms with Crippen LogP contribution in [0.4, 0.5) is 0 Å². The van der Waals surface area contributed by atoms with Crippen LogP contribution in [0.2, 0.25) is 0 Å². The fraction of sp³-hybridized carbons (Fsp3) is 0.625. The van der Waals surface area contributed by atoms with Crippen molar-refractivity contribution in [3.05, 3.63) is 23.8 Å². The van der Waals surface area contributed by atoms with Crippen LogP contribution in [0.15, 0.2) is 18.2 Å². The normalized spacial score (nSPS) is 15.2. The van der Waals surface area contributed by atoms with Crippen molar-refractivity contribution in [2.75, 3.05) is 27.4 Å². The first-order valence-electron chi connectivity index (χ1n) is 7.34. The Hall–Kier alpha value is -1.26. The quantitative estimate of drug-likeness (QED) is 0.793. The van der Waals surface area contributed by atoms with Crippen LogP contribution in [0.5, 0.6) is 11.5 Å². The summed E-state index contributed by atoms with van der Waals surface area (Å²) in [6, 6.07) is 6.57. The molecule has 1 aliphatic carbocycles. The van der Waals surface area contributed by atoms with Gasteiger partial charge in [0, 0.05) is 31.3 Å². The summed E-state index contributed by atoms with van der Waals surface area (Å²) in [5, 5.41) is 9.07. The first kappa shape index (κ1) is 15.1. The van der Waals surface area contributed by atoms with Gasteiger partial charge in [0.25, 0.3) is 0 Å². The SMILES string of the molecule is COc1ccc(OC)c(CN(CCCO)C2CCC2)c1. The summed E-state index contributed by atoms with van der Waals surface area (Å²) in [5.74, 6) is 1.76. The molecule has 1 aromatic carbocycles. The van der Waals surface area contributed by atoms with Gasteiger partial charge >= 0.3 is 0 Å². The zero-order chi connectivity index (χ0) is 14.4. The van der Waals surface area contributed by atoms with Gasteiger partial charge in [-0.15, -0.1) is 0 Å². The first-order chi connectivity index (χ1) is 9.78. The molecule has 0 heterocycles. The highest BCUT2D eigenvalue weighted by atomic mass is 16.5. The average molecular weight is 279 g/mol. The Morgan fingerprint density at radius 3 is 2.60 bits per heavy atom. The van der Waals surface area contributed by atoms with Crippen LogP contribution in [-0.2, 0) is 6.54 Å². The van der Waals surface area contributed by atoms with E-state index in [4.69, 9.17) is 14.6 Å². The van der Waals surface area contributed by atoms with Crippen LogP contribution in [0.3, 0.4) is 0 Å². The van der Waals surface area contributed by atoms with E-state index in [1.54, 1.807) is 14.2 Å². The van der Waals surface area contributed by atoms with Crippen molar-refractivity contribution in [2.45, 2.75) is 38.3 Å². The fourth-order valence-electron chi connectivity index (χ4n) is 2.64. The standard InChI is InChI=1S/C16H25NO3/c1-19-15-7-8-16(20-2)13(11-15)12-17(9-4-10-18)14-5-3-6-14/h7-8,11,14,18H,3-6,9-10,12H2,1-2H3. The second kappa shape index (κ2) is 7.50. The Labute approximate surface area is 121 Å². The number of nitrogens with zero attached hydrogens (tertiary/aromatic N) is 1. The lowest BCUT2D eigenvalue weighted by atomic mass is 9.91. The first-order valence-corrected chi connectivity index (χ1v) is 7.34. The number of benzene rings is 1. The number of methoxy groups -OCH3 is 2. The predicted octanol–water partition coefficient (Wildman–Crippen LogP) is 2.44. The predicted molar refractivity (Wildman–Crippen MR) is 79.3 cm³/mol. The number of hydrogen-bond acceptors (Lipinski definition) is 4. The molecule has 0 radical (unpaired) electrons. The van der Waals surface area contributed by atoms with Crippen molar-refractivity contribution in [2.24, 2.45) is 0 Å². The van der Waals surface area contributed by atoms with Gasteiger partial charge in [0.15, 0.2) is 0 Å². The van der Waals surface area contributed by atoms with E-state index in [9.17, 15) is 0 Å². The highest BCUT2D eigenvalue weighted by molar-refractivity contribution is 5.40. The third kappa shape index (κ3) is 3.64. The van der Waals surface area contributed by atoms with Crippen molar-refractivity contribution in [1.29, 1.82) is 0 Å². The Morgan fingerprint density at radius 1 is 1.25 bits per heavy atom. The molecule has 0 atom stereocenters. The molecule has 4 nitrogen and oxygen atoms in total. The Kier molecular flexibility index (Phi) is 5.68. The summed E-state index contributed by atoms with van der Waals surface area (Å²) in [6.45, 7) is 2.03. The van der Waals surface area contributed by atoms with Gasteiger partial charge in [0.1, 0.15) is 11.5 Å². The summed E-state index contributed by atoms with van der Waals surface area (Å²) in [4.78, 5) is 2.46. The van der Waals surface area contributed by atoms with E-state index in [2.05, 4.69) is 4.90 Å². The maximum atomic E-state index is 9.07. The molecule has 2 rings (SSSR count). The monoisotopic (exact) mass is 279 g/mol. The fourth-order valence-corrected chi connectivity index (χ4v) is 2.64. The molecule has 1 fully saturated rings. The van der Waals surface area contributed by atoms with Gasteiger partial charge in [-0.2, -0.15) is 0 Å². The third-order valence-corrected chi connectivity index (χ3v) is 4.06.